The quantitative estimate of drug-likeness (QED) is 0.254. The number of para-hydroxylation sites is 1. The average Bonchev–Trinajstić information content (AvgIpc) is 3.20. The Hall–Kier alpha value is -4.03. The normalized spacial score (nSPS) is 16.2. The Labute approximate surface area is 203 Å². The SMILES string of the molecule is CC(c1ccccc1)N1C(=O)C(=Cc2cn(Cc3ccccc3)c3ccccc23)C(=O)NC1=S. The summed E-state index contributed by atoms with van der Waals surface area (Å²) in [4.78, 5) is 27.8. The van der Waals surface area contributed by atoms with Gasteiger partial charge in [0.2, 0.25) is 0 Å². The van der Waals surface area contributed by atoms with Crippen LogP contribution in [0.5, 0.6) is 0 Å². The van der Waals surface area contributed by atoms with Crippen LogP contribution in [0.15, 0.2) is 96.7 Å². The van der Waals surface area contributed by atoms with Crippen molar-refractivity contribution in [1.29, 1.82) is 0 Å². The van der Waals surface area contributed by atoms with Crippen LogP contribution in [0.25, 0.3) is 17.0 Å². The predicted octanol–water partition coefficient (Wildman–Crippen LogP) is 5.08. The van der Waals surface area contributed by atoms with Crippen molar-refractivity contribution >= 4 is 46.1 Å². The molecule has 2 amide bonds. The van der Waals surface area contributed by atoms with Gasteiger partial charge < -0.3 is 4.57 Å². The Morgan fingerprint density at radius 3 is 2.29 bits per heavy atom. The first-order valence-corrected chi connectivity index (χ1v) is 11.5. The van der Waals surface area contributed by atoms with Gasteiger partial charge in [0.05, 0.1) is 6.04 Å². The molecule has 1 fully saturated rings. The molecule has 4 aromatic rings. The monoisotopic (exact) mass is 465 g/mol. The van der Waals surface area contributed by atoms with E-state index in [4.69, 9.17) is 12.2 Å². The number of amides is 2. The van der Waals surface area contributed by atoms with E-state index in [0.717, 1.165) is 22.0 Å². The van der Waals surface area contributed by atoms with Gasteiger partial charge in [0.1, 0.15) is 5.57 Å². The second-order valence-corrected chi connectivity index (χ2v) is 8.68. The van der Waals surface area contributed by atoms with Crippen LogP contribution in [0.3, 0.4) is 0 Å². The van der Waals surface area contributed by atoms with Crippen LogP contribution in [-0.2, 0) is 16.1 Å². The van der Waals surface area contributed by atoms with E-state index in [1.165, 1.54) is 10.5 Å². The number of aromatic nitrogens is 1. The zero-order valence-corrected chi connectivity index (χ0v) is 19.5. The Morgan fingerprint density at radius 2 is 1.56 bits per heavy atom. The molecule has 1 unspecified atom stereocenters. The number of hydrogen-bond acceptors (Lipinski definition) is 3. The van der Waals surface area contributed by atoms with Gasteiger partial charge in [-0.15, -0.1) is 0 Å². The Balaban J connectivity index is 1.54. The highest BCUT2D eigenvalue weighted by molar-refractivity contribution is 7.80. The molecule has 2 heterocycles. The van der Waals surface area contributed by atoms with Gasteiger partial charge in [0, 0.05) is 29.2 Å². The van der Waals surface area contributed by atoms with Crippen molar-refractivity contribution in [1.82, 2.24) is 14.8 Å². The molecule has 1 aromatic heterocycles. The van der Waals surface area contributed by atoms with E-state index >= 15 is 0 Å². The van der Waals surface area contributed by atoms with Gasteiger partial charge in [-0.25, -0.2) is 0 Å². The number of hydrogen-bond donors (Lipinski definition) is 1. The van der Waals surface area contributed by atoms with Gasteiger partial charge in [-0.3, -0.25) is 19.8 Å². The maximum Gasteiger partial charge on any atom is 0.266 e. The lowest BCUT2D eigenvalue weighted by molar-refractivity contribution is -0.130. The largest absolute Gasteiger partial charge is 0.342 e. The number of nitrogens with one attached hydrogen (secondary N) is 1. The second kappa shape index (κ2) is 9.08. The van der Waals surface area contributed by atoms with E-state index in [-0.39, 0.29) is 16.7 Å². The van der Waals surface area contributed by atoms with E-state index in [1.807, 2.05) is 85.9 Å². The van der Waals surface area contributed by atoms with Crippen molar-refractivity contribution in [3.05, 3.63) is 113 Å². The molecule has 1 saturated heterocycles. The first-order valence-electron chi connectivity index (χ1n) is 11.1. The van der Waals surface area contributed by atoms with Crippen LogP contribution in [0.4, 0.5) is 0 Å². The fourth-order valence-electron chi connectivity index (χ4n) is 4.36. The number of carbonyl (C=O) groups excluding carboxylic acids is 2. The van der Waals surface area contributed by atoms with Crippen LogP contribution in [0.2, 0.25) is 0 Å². The third-order valence-electron chi connectivity index (χ3n) is 6.12. The number of nitrogens with zero attached hydrogens (tertiary/aromatic N) is 2. The fraction of sp³-hybridized carbons (Fsp3) is 0.107. The molecule has 1 aliphatic rings. The van der Waals surface area contributed by atoms with E-state index in [0.29, 0.717) is 6.54 Å². The van der Waals surface area contributed by atoms with Gasteiger partial charge in [-0.2, -0.15) is 0 Å². The average molecular weight is 466 g/mol. The first kappa shape index (κ1) is 21.8. The maximum atomic E-state index is 13.5. The smallest absolute Gasteiger partial charge is 0.266 e. The van der Waals surface area contributed by atoms with Crippen molar-refractivity contribution in [2.24, 2.45) is 0 Å². The maximum absolute atomic E-state index is 13.5. The topological polar surface area (TPSA) is 54.3 Å². The van der Waals surface area contributed by atoms with Gasteiger partial charge in [-0.05, 0) is 42.4 Å². The molecule has 0 spiro atoms. The predicted molar refractivity (Wildman–Crippen MR) is 138 cm³/mol. The molecular weight excluding hydrogens is 442 g/mol. The molecule has 0 aliphatic carbocycles. The fourth-order valence-corrected chi connectivity index (χ4v) is 4.69. The summed E-state index contributed by atoms with van der Waals surface area (Å²) < 4.78 is 2.14. The molecule has 5 rings (SSSR count). The number of benzene rings is 3. The van der Waals surface area contributed by atoms with Gasteiger partial charge in [-0.1, -0.05) is 78.9 Å². The third-order valence-corrected chi connectivity index (χ3v) is 6.42. The summed E-state index contributed by atoms with van der Waals surface area (Å²) in [6, 6.07) is 27.5. The van der Waals surface area contributed by atoms with Crippen molar-refractivity contribution in [2.75, 3.05) is 0 Å². The van der Waals surface area contributed by atoms with Crippen LogP contribution in [0.1, 0.15) is 29.7 Å². The van der Waals surface area contributed by atoms with Crippen LogP contribution < -0.4 is 5.32 Å². The lowest BCUT2D eigenvalue weighted by Gasteiger charge is -2.33. The van der Waals surface area contributed by atoms with Crippen molar-refractivity contribution < 1.29 is 9.59 Å². The minimum Gasteiger partial charge on any atom is -0.342 e. The summed E-state index contributed by atoms with van der Waals surface area (Å²) in [5.74, 6) is -0.878. The zero-order valence-electron chi connectivity index (χ0n) is 18.6. The Bertz CT molecular complexity index is 1420. The van der Waals surface area contributed by atoms with Crippen molar-refractivity contribution in [3.63, 3.8) is 0 Å². The third kappa shape index (κ3) is 4.04. The molecule has 1 N–H and O–H groups in total. The molecule has 1 aliphatic heterocycles. The minimum absolute atomic E-state index is 0.0685. The Kier molecular flexibility index (Phi) is 5.82. The van der Waals surface area contributed by atoms with Crippen LogP contribution in [-0.4, -0.2) is 26.4 Å². The molecule has 6 heteroatoms. The molecule has 3 aromatic carbocycles. The van der Waals surface area contributed by atoms with Crippen molar-refractivity contribution in [3.8, 4) is 0 Å². The summed E-state index contributed by atoms with van der Waals surface area (Å²) in [5, 5.41) is 3.79. The van der Waals surface area contributed by atoms with Gasteiger partial charge in [0.25, 0.3) is 11.8 Å². The molecule has 0 saturated carbocycles. The van der Waals surface area contributed by atoms with E-state index < -0.39 is 11.8 Å². The number of carbonyl (C=O) groups is 2. The van der Waals surface area contributed by atoms with E-state index in [9.17, 15) is 9.59 Å². The summed E-state index contributed by atoms with van der Waals surface area (Å²) in [7, 11) is 0. The lowest BCUT2D eigenvalue weighted by Crippen LogP contribution is -2.54. The van der Waals surface area contributed by atoms with E-state index in [1.54, 1.807) is 6.08 Å². The summed E-state index contributed by atoms with van der Waals surface area (Å²) >= 11 is 5.37. The zero-order chi connectivity index (χ0) is 23.7. The number of rotatable bonds is 5. The molecule has 0 bridgehead atoms. The number of fused-ring (bicyclic) bond motifs is 1. The highest BCUT2D eigenvalue weighted by atomic mass is 32.1. The van der Waals surface area contributed by atoms with E-state index in [2.05, 4.69) is 22.0 Å². The second-order valence-electron chi connectivity index (χ2n) is 8.29. The van der Waals surface area contributed by atoms with Crippen molar-refractivity contribution in [2.45, 2.75) is 19.5 Å². The minimum atomic E-state index is -0.480. The lowest BCUT2D eigenvalue weighted by atomic mass is 10.0. The van der Waals surface area contributed by atoms with Crippen LogP contribution >= 0.6 is 12.2 Å². The summed E-state index contributed by atoms with van der Waals surface area (Å²) in [6.45, 7) is 2.59. The Morgan fingerprint density at radius 1 is 0.912 bits per heavy atom. The molecular formula is C28H23N3O2S. The van der Waals surface area contributed by atoms with Crippen LogP contribution in [0, 0.1) is 0 Å². The highest BCUT2D eigenvalue weighted by Crippen LogP contribution is 2.28. The highest BCUT2D eigenvalue weighted by Gasteiger charge is 2.36. The molecule has 1 atom stereocenters. The standard InChI is InChI=1S/C28H23N3O2S/c1-19(21-12-6-3-7-13-21)31-27(33)24(26(32)29-28(31)34)16-22-18-30(17-20-10-4-2-5-11-20)25-15-9-8-14-23(22)25/h2-16,18-19H,17H2,1H3,(H,29,32,34). The summed E-state index contributed by atoms with van der Waals surface area (Å²) in [5.41, 5.74) is 4.02. The van der Waals surface area contributed by atoms with Gasteiger partial charge in [0.15, 0.2) is 5.11 Å². The molecule has 5 nitrogen and oxygen atoms in total. The molecule has 168 valence electrons. The molecule has 34 heavy (non-hydrogen) atoms. The number of thiocarbonyl (C=S) groups is 1. The summed E-state index contributed by atoms with van der Waals surface area (Å²) in [6.07, 6.45) is 3.66. The molecule has 0 radical (unpaired) electrons. The first-order chi connectivity index (χ1) is 16.5. The van der Waals surface area contributed by atoms with Gasteiger partial charge >= 0.3 is 0 Å².